The average Bonchev–Trinajstić information content (AvgIpc) is 2.83. The summed E-state index contributed by atoms with van der Waals surface area (Å²) in [6.07, 6.45) is 1.87. The lowest BCUT2D eigenvalue weighted by molar-refractivity contribution is 0.340. The summed E-state index contributed by atoms with van der Waals surface area (Å²) in [6.45, 7) is 7.70. The third kappa shape index (κ3) is 3.58. The second-order valence-electron chi connectivity index (χ2n) is 4.62. The Morgan fingerprint density at radius 2 is 2.05 bits per heavy atom. The molecule has 0 aliphatic heterocycles. The van der Waals surface area contributed by atoms with Crippen LogP contribution < -0.4 is 10.1 Å². The minimum absolute atomic E-state index is 0.296. The molecular formula is C15H21N3O. The number of nitrogens with zero attached hydrogens (tertiary/aromatic N) is 1. The Bertz CT molecular complexity index is 504. The van der Waals surface area contributed by atoms with E-state index in [1.807, 2.05) is 32.2 Å². The molecule has 1 aromatic heterocycles. The number of benzene rings is 1. The molecule has 2 rings (SSSR count). The van der Waals surface area contributed by atoms with Gasteiger partial charge in [0.05, 0.1) is 12.8 Å². The molecule has 102 valence electrons. The van der Waals surface area contributed by atoms with Gasteiger partial charge in [-0.05, 0) is 38.5 Å². The Morgan fingerprint density at radius 3 is 2.63 bits per heavy atom. The van der Waals surface area contributed by atoms with Gasteiger partial charge in [-0.25, -0.2) is 0 Å². The van der Waals surface area contributed by atoms with Gasteiger partial charge < -0.3 is 10.1 Å². The molecule has 1 unspecified atom stereocenters. The second kappa shape index (κ2) is 6.38. The summed E-state index contributed by atoms with van der Waals surface area (Å²) >= 11 is 0. The quantitative estimate of drug-likeness (QED) is 0.838. The second-order valence-corrected chi connectivity index (χ2v) is 4.62. The molecule has 0 amide bonds. The van der Waals surface area contributed by atoms with E-state index in [1.54, 1.807) is 0 Å². The first-order valence-electron chi connectivity index (χ1n) is 6.65. The lowest BCUT2D eigenvalue weighted by Crippen LogP contribution is -2.18. The number of aromatic nitrogens is 2. The summed E-state index contributed by atoms with van der Waals surface area (Å²) < 4.78 is 5.44. The number of H-pyrrole nitrogens is 1. The fourth-order valence-corrected chi connectivity index (χ4v) is 1.95. The highest BCUT2D eigenvalue weighted by Gasteiger charge is 2.07. The van der Waals surface area contributed by atoms with Crippen molar-refractivity contribution in [3.63, 3.8) is 0 Å². The van der Waals surface area contributed by atoms with E-state index in [-0.39, 0.29) is 0 Å². The zero-order valence-electron chi connectivity index (χ0n) is 11.7. The number of hydrogen-bond donors (Lipinski definition) is 2. The fraction of sp³-hybridized carbons (Fsp3) is 0.400. The Hall–Kier alpha value is -1.81. The Morgan fingerprint density at radius 1 is 1.32 bits per heavy atom. The van der Waals surface area contributed by atoms with E-state index in [4.69, 9.17) is 4.74 Å². The van der Waals surface area contributed by atoms with Crippen LogP contribution in [0.3, 0.4) is 0 Å². The first kappa shape index (κ1) is 13.6. The SMILES string of the molecule is CCOc1ccc(C(C)NCc2cn[nH]c2C)cc1. The van der Waals surface area contributed by atoms with E-state index in [2.05, 4.69) is 34.6 Å². The highest BCUT2D eigenvalue weighted by atomic mass is 16.5. The molecule has 19 heavy (non-hydrogen) atoms. The number of aromatic amines is 1. The topological polar surface area (TPSA) is 49.9 Å². The van der Waals surface area contributed by atoms with Crippen LogP contribution in [0.25, 0.3) is 0 Å². The Labute approximate surface area is 114 Å². The Balaban J connectivity index is 1.92. The summed E-state index contributed by atoms with van der Waals surface area (Å²) in [5, 5.41) is 10.5. The van der Waals surface area contributed by atoms with Gasteiger partial charge in [0.25, 0.3) is 0 Å². The molecule has 0 aliphatic rings. The monoisotopic (exact) mass is 259 g/mol. The number of hydrogen-bond acceptors (Lipinski definition) is 3. The maximum atomic E-state index is 5.44. The van der Waals surface area contributed by atoms with E-state index >= 15 is 0 Å². The van der Waals surface area contributed by atoms with Gasteiger partial charge in [0.15, 0.2) is 0 Å². The number of rotatable bonds is 6. The fourth-order valence-electron chi connectivity index (χ4n) is 1.95. The van der Waals surface area contributed by atoms with Crippen molar-refractivity contribution in [3.8, 4) is 5.75 Å². The molecule has 0 saturated carbocycles. The first-order chi connectivity index (χ1) is 9.20. The molecule has 1 heterocycles. The van der Waals surface area contributed by atoms with Gasteiger partial charge in [-0.15, -0.1) is 0 Å². The molecule has 2 aromatic rings. The molecule has 4 heteroatoms. The molecule has 4 nitrogen and oxygen atoms in total. The van der Waals surface area contributed by atoms with Crippen molar-refractivity contribution in [1.82, 2.24) is 15.5 Å². The van der Waals surface area contributed by atoms with Gasteiger partial charge in [0, 0.05) is 23.8 Å². The zero-order chi connectivity index (χ0) is 13.7. The molecule has 0 aliphatic carbocycles. The third-order valence-electron chi connectivity index (χ3n) is 3.22. The molecule has 0 fully saturated rings. The van der Waals surface area contributed by atoms with Crippen molar-refractivity contribution in [1.29, 1.82) is 0 Å². The van der Waals surface area contributed by atoms with Crippen LogP contribution in [0, 0.1) is 6.92 Å². The van der Waals surface area contributed by atoms with Crippen molar-refractivity contribution >= 4 is 0 Å². The summed E-state index contributed by atoms with van der Waals surface area (Å²) in [7, 11) is 0. The largest absolute Gasteiger partial charge is 0.494 e. The maximum Gasteiger partial charge on any atom is 0.119 e. The van der Waals surface area contributed by atoms with Crippen molar-refractivity contribution in [2.24, 2.45) is 0 Å². The zero-order valence-corrected chi connectivity index (χ0v) is 11.7. The van der Waals surface area contributed by atoms with Crippen LogP contribution in [0.5, 0.6) is 5.75 Å². The molecule has 0 radical (unpaired) electrons. The highest BCUT2D eigenvalue weighted by molar-refractivity contribution is 5.29. The van der Waals surface area contributed by atoms with E-state index in [0.717, 1.165) is 18.0 Å². The standard InChI is InChI=1S/C15H21N3O/c1-4-19-15-7-5-13(6-8-15)11(2)16-9-14-10-17-18-12(14)3/h5-8,10-11,16H,4,9H2,1-3H3,(H,17,18). The van der Waals surface area contributed by atoms with Crippen LogP contribution in [0.1, 0.15) is 36.7 Å². The Kier molecular flexibility index (Phi) is 4.58. The first-order valence-corrected chi connectivity index (χ1v) is 6.65. The predicted octanol–water partition coefficient (Wildman–Crippen LogP) is 2.97. The van der Waals surface area contributed by atoms with Gasteiger partial charge in [-0.3, -0.25) is 5.10 Å². The number of ether oxygens (including phenoxy) is 1. The summed E-state index contributed by atoms with van der Waals surface area (Å²) in [5.41, 5.74) is 3.58. The average molecular weight is 259 g/mol. The van der Waals surface area contributed by atoms with Crippen LogP contribution in [-0.2, 0) is 6.54 Å². The lowest BCUT2D eigenvalue weighted by atomic mass is 10.1. The minimum atomic E-state index is 0.296. The van der Waals surface area contributed by atoms with E-state index < -0.39 is 0 Å². The predicted molar refractivity (Wildman–Crippen MR) is 76.2 cm³/mol. The van der Waals surface area contributed by atoms with Gasteiger partial charge in [0.2, 0.25) is 0 Å². The van der Waals surface area contributed by atoms with Crippen LogP contribution in [0.4, 0.5) is 0 Å². The van der Waals surface area contributed by atoms with Crippen LogP contribution in [-0.4, -0.2) is 16.8 Å². The summed E-state index contributed by atoms with van der Waals surface area (Å²) in [4.78, 5) is 0. The number of aryl methyl sites for hydroxylation is 1. The van der Waals surface area contributed by atoms with Crippen molar-refractivity contribution in [2.45, 2.75) is 33.4 Å². The molecule has 1 atom stereocenters. The van der Waals surface area contributed by atoms with Crippen LogP contribution in [0.15, 0.2) is 30.5 Å². The molecule has 2 N–H and O–H groups in total. The maximum absolute atomic E-state index is 5.44. The normalized spacial score (nSPS) is 12.4. The van der Waals surface area contributed by atoms with Crippen LogP contribution >= 0.6 is 0 Å². The minimum Gasteiger partial charge on any atom is -0.494 e. The summed E-state index contributed by atoms with van der Waals surface area (Å²) in [6, 6.07) is 8.53. The van der Waals surface area contributed by atoms with Gasteiger partial charge >= 0.3 is 0 Å². The smallest absolute Gasteiger partial charge is 0.119 e. The molecule has 0 saturated heterocycles. The van der Waals surface area contributed by atoms with E-state index in [0.29, 0.717) is 12.6 Å². The van der Waals surface area contributed by atoms with Crippen LogP contribution in [0.2, 0.25) is 0 Å². The van der Waals surface area contributed by atoms with Crippen molar-refractivity contribution in [2.75, 3.05) is 6.61 Å². The van der Waals surface area contributed by atoms with Gasteiger partial charge in [-0.2, -0.15) is 5.10 Å². The number of nitrogens with one attached hydrogen (secondary N) is 2. The molecule has 0 bridgehead atoms. The van der Waals surface area contributed by atoms with E-state index in [9.17, 15) is 0 Å². The third-order valence-corrected chi connectivity index (χ3v) is 3.22. The molecule has 0 spiro atoms. The molecule has 1 aromatic carbocycles. The summed E-state index contributed by atoms with van der Waals surface area (Å²) in [5.74, 6) is 0.920. The van der Waals surface area contributed by atoms with Crippen molar-refractivity contribution < 1.29 is 4.74 Å². The van der Waals surface area contributed by atoms with Gasteiger partial charge in [-0.1, -0.05) is 12.1 Å². The molecular weight excluding hydrogens is 238 g/mol. The van der Waals surface area contributed by atoms with Gasteiger partial charge in [0.1, 0.15) is 5.75 Å². The highest BCUT2D eigenvalue weighted by Crippen LogP contribution is 2.18. The lowest BCUT2D eigenvalue weighted by Gasteiger charge is -2.14. The van der Waals surface area contributed by atoms with Crippen molar-refractivity contribution in [3.05, 3.63) is 47.3 Å². The van der Waals surface area contributed by atoms with E-state index in [1.165, 1.54) is 11.1 Å².